The zero-order valence-corrected chi connectivity index (χ0v) is 9.28. The van der Waals surface area contributed by atoms with Crippen LogP contribution in [0, 0.1) is 5.82 Å². The second kappa shape index (κ2) is 4.08. The van der Waals surface area contributed by atoms with Gasteiger partial charge in [0.05, 0.1) is 17.6 Å². The number of halogens is 2. The van der Waals surface area contributed by atoms with Gasteiger partial charge < -0.3 is 5.73 Å². The van der Waals surface area contributed by atoms with Crippen molar-refractivity contribution in [3.05, 3.63) is 40.4 Å². The molecule has 2 aromatic rings. The number of hydrogen-bond donors (Lipinski definition) is 1. The molecular formula is C9H8BrFN4. The molecule has 0 bridgehead atoms. The van der Waals surface area contributed by atoms with Crippen LogP contribution in [0.15, 0.2) is 28.9 Å². The van der Waals surface area contributed by atoms with Crippen LogP contribution < -0.4 is 5.73 Å². The minimum atomic E-state index is -0.306. The molecule has 0 saturated heterocycles. The lowest BCUT2D eigenvalue weighted by Gasteiger charge is -2.06. The molecule has 2 N–H and O–H groups in total. The van der Waals surface area contributed by atoms with Gasteiger partial charge in [0.2, 0.25) is 0 Å². The standard InChI is InChI=1S/C9H8BrFN4/c10-8-3-6(11)1-2-9(8)15-7(4-12)5-13-14-15/h1-3,5H,4,12H2. The van der Waals surface area contributed by atoms with Crippen molar-refractivity contribution in [2.24, 2.45) is 5.73 Å². The van der Waals surface area contributed by atoms with Crippen LogP contribution in [0.3, 0.4) is 0 Å². The molecule has 0 unspecified atom stereocenters. The monoisotopic (exact) mass is 270 g/mol. The van der Waals surface area contributed by atoms with Crippen LogP contribution in [0.2, 0.25) is 0 Å². The van der Waals surface area contributed by atoms with Gasteiger partial charge in [-0.15, -0.1) is 5.10 Å². The Morgan fingerprint density at radius 3 is 2.93 bits per heavy atom. The van der Waals surface area contributed by atoms with Crippen LogP contribution >= 0.6 is 15.9 Å². The summed E-state index contributed by atoms with van der Waals surface area (Å²) in [4.78, 5) is 0. The van der Waals surface area contributed by atoms with Crippen molar-refractivity contribution in [3.63, 3.8) is 0 Å². The van der Waals surface area contributed by atoms with Crippen LogP contribution in [0.25, 0.3) is 5.69 Å². The lowest BCUT2D eigenvalue weighted by Crippen LogP contribution is -2.07. The van der Waals surface area contributed by atoms with Gasteiger partial charge in [-0.2, -0.15) is 0 Å². The van der Waals surface area contributed by atoms with E-state index in [0.29, 0.717) is 16.7 Å². The van der Waals surface area contributed by atoms with E-state index in [1.165, 1.54) is 12.1 Å². The SMILES string of the molecule is NCc1cnnn1-c1ccc(F)cc1Br. The van der Waals surface area contributed by atoms with E-state index in [4.69, 9.17) is 5.73 Å². The highest BCUT2D eigenvalue weighted by molar-refractivity contribution is 9.10. The van der Waals surface area contributed by atoms with Gasteiger partial charge in [-0.25, -0.2) is 9.07 Å². The van der Waals surface area contributed by atoms with Gasteiger partial charge in [-0.05, 0) is 34.1 Å². The fourth-order valence-corrected chi connectivity index (χ4v) is 1.77. The summed E-state index contributed by atoms with van der Waals surface area (Å²) in [5.41, 5.74) is 7.01. The molecule has 0 radical (unpaired) electrons. The van der Waals surface area contributed by atoms with Gasteiger partial charge in [0.1, 0.15) is 5.82 Å². The summed E-state index contributed by atoms with van der Waals surface area (Å²) in [6.07, 6.45) is 1.58. The van der Waals surface area contributed by atoms with E-state index < -0.39 is 0 Å². The molecule has 0 aliphatic rings. The average Bonchev–Trinajstić information content (AvgIpc) is 2.65. The number of nitrogens with zero attached hydrogens (tertiary/aromatic N) is 3. The Balaban J connectivity index is 2.54. The van der Waals surface area contributed by atoms with Crippen molar-refractivity contribution >= 4 is 15.9 Å². The third kappa shape index (κ3) is 1.91. The second-order valence-electron chi connectivity index (χ2n) is 2.94. The van der Waals surface area contributed by atoms with E-state index in [9.17, 15) is 4.39 Å². The quantitative estimate of drug-likeness (QED) is 0.903. The van der Waals surface area contributed by atoms with Gasteiger partial charge in [-0.1, -0.05) is 5.21 Å². The van der Waals surface area contributed by atoms with Crippen molar-refractivity contribution in [3.8, 4) is 5.69 Å². The first-order valence-corrected chi connectivity index (χ1v) is 5.06. The number of aromatic nitrogens is 3. The van der Waals surface area contributed by atoms with Gasteiger partial charge in [0.15, 0.2) is 0 Å². The Hall–Kier alpha value is -1.27. The highest BCUT2D eigenvalue weighted by atomic mass is 79.9. The smallest absolute Gasteiger partial charge is 0.124 e. The van der Waals surface area contributed by atoms with Crippen LogP contribution in [0.1, 0.15) is 5.69 Å². The maximum atomic E-state index is 12.9. The fourth-order valence-electron chi connectivity index (χ4n) is 1.25. The van der Waals surface area contributed by atoms with Gasteiger partial charge in [0.25, 0.3) is 0 Å². The third-order valence-corrected chi connectivity index (χ3v) is 2.60. The predicted molar refractivity (Wildman–Crippen MR) is 56.9 cm³/mol. The Morgan fingerprint density at radius 1 is 1.47 bits per heavy atom. The summed E-state index contributed by atoms with van der Waals surface area (Å²) >= 11 is 3.26. The molecule has 0 aliphatic heterocycles. The van der Waals surface area contributed by atoms with E-state index in [0.717, 1.165) is 5.69 Å². The molecule has 1 heterocycles. The third-order valence-electron chi connectivity index (χ3n) is 1.97. The molecule has 2 rings (SSSR count). The van der Waals surface area contributed by atoms with Crippen molar-refractivity contribution in [2.75, 3.05) is 0 Å². The first-order valence-electron chi connectivity index (χ1n) is 4.27. The summed E-state index contributed by atoms with van der Waals surface area (Å²) in [5, 5.41) is 7.63. The van der Waals surface area contributed by atoms with Gasteiger partial charge >= 0.3 is 0 Å². The van der Waals surface area contributed by atoms with E-state index in [2.05, 4.69) is 26.2 Å². The molecule has 0 fully saturated rings. The van der Waals surface area contributed by atoms with Crippen LogP contribution in [0.4, 0.5) is 4.39 Å². The topological polar surface area (TPSA) is 56.7 Å². The lowest BCUT2D eigenvalue weighted by molar-refractivity contribution is 0.625. The Bertz CT molecular complexity index is 483. The van der Waals surface area contributed by atoms with Crippen LogP contribution in [0.5, 0.6) is 0 Å². The molecule has 6 heteroatoms. The molecule has 0 saturated carbocycles. The number of nitrogens with two attached hydrogens (primary N) is 1. The highest BCUT2D eigenvalue weighted by Crippen LogP contribution is 2.22. The Labute approximate surface area is 94.0 Å². The molecular weight excluding hydrogens is 263 g/mol. The maximum Gasteiger partial charge on any atom is 0.124 e. The zero-order valence-electron chi connectivity index (χ0n) is 7.69. The number of hydrogen-bond acceptors (Lipinski definition) is 3. The minimum Gasteiger partial charge on any atom is -0.325 e. The average molecular weight is 271 g/mol. The van der Waals surface area contributed by atoms with Crippen molar-refractivity contribution < 1.29 is 4.39 Å². The minimum absolute atomic E-state index is 0.306. The first-order chi connectivity index (χ1) is 7.22. The summed E-state index contributed by atoms with van der Waals surface area (Å²) in [5.74, 6) is -0.306. The molecule has 78 valence electrons. The first kappa shape index (κ1) is 10.3. The second-order valence-corrected chi connectivity index (χ2v) is 3.79. The molecule has 15 heavy (non-hydrogen) atoms. The number of rotatable bonds is 2. The predicted octanol–water partition coefficient (Wildman–Crippen LogP) is 1.63. The normalized spacial score (nSPS) is 10.6. The van der Waals surface area contributed by atoms with Crippen LogP contribution in [-0.4, -0.2) is 15.0 Å². The molecule has 0 atom stereocenters. The Morgan fingerprint density at radius 2 is 2.27 bits per heavy atom. The summed E-state index contributed by atoms with van der Waals surface area (Å²) in [7, 11) is 0. The van der Waals surface area contributed by atoms with E-state index >= 15 is 0 Å². The van der Waals surface area contributed by atoms with E-state index in [1.807, 2.05) is 0 Å². The van der Waals surface area contributed by atoms with E-state index in [-0.39, 0.29) is 5.82 Å². The highest BCUT2D eigenvalue weighted by Gasteiger charge is 2.08. The molecule has 4 nitrogen and oxygen atoms in total. The fraction of sp³-hybridized carbons (Fsp3) is 0.111. The summed E-state index contributed by atoms with van der Waals surface area (Å²) in [6.45, 7) is 0.330. The number of benzene rings is 1. The van der Waals surface area contributed by atoms with Crippen molar-refractivity contribution in [1.29, 1.82) is 0 Å². The molecule has 0 spiro atoms. The van der Waals surface area contributed by atoms with Gasteiger partial charge in [-0.3, -0.25) is 0 Å². The van der Waals surface area contributed by atoms with Gasteiger partial charge in [0, 0.05) is 11.0 Å². The molecule has 1 aromatic heterocycles. The molecule has 1 aromatic carbocycles. The molecule has 0 aliphatic carbocycles. The lowest BCUT2D eigenvalue weighted by atomic mass is 10.3. The summed E-state index contributed by atoms with van der Waals surface area (Å²) in [6, 6.07) is 4.35. The van der Waals surface area contributed by atoms with Crippen molar-refractivity contribution in [1.82, 2.24) is 15.0 Å². The van der Waals surface area contributed by atoms with Crippen molar-refractivity contribution in [2.45, 2.75) is 6.54 Å². The summed E-state index contributed by atoms with van der Waals surface area (Å²) < 4.78 is 15.1. The largest absolute Gasteiger partial charge is 0.325 e. The van der Waals surface area contributed by atoms with E-state index in [1.54, 1.807) is 16.9 Å². The molecule has 0 amide bonds. The zero-order chi connectivity index (χ0) is 10.8. The van der Waals surface area contributed by atoms with Crippen LogP contribution in [-0.2, 0) is 6.54 Å². The Kier molecular flexibility index (Phi) is 2.79. The maximum absolute atomic E-state index is 12.9.